The summed E-state index contributed by atoms with van der Waals surface area (Å²) in [6, 6.07) is 11.8. The Morgan fingerprint density at radius 3 is 2.39 bits per heavy atom. The van der Waals surface area contributed by atoms with Crippen molar-refractivity contribution in [2.24, 2.45) is 0 Å². The van der Waals surface area contributed by atoms with Gasteiger partial charge < -0.3 is 25.4 Å². The van der Waals surface area contributed by atoms with Crippen LogP contribution in [0.2, 0.25) is 0 Å². The van der Waals surface area contributed by atoms with Gasteiger partial charge in [-0.1, -0.05) is 29.8 Å². The number of methoxy groups -OCH3 is 2. The van der Waals surface area contributed by atoms with Crippen molar-refractivity contribution >= 4 is 17.6 Å². The number of urea groups is 1. The Labute approximate surface area is 163 Å². The highest BCUT2D eigenvalue weighted by molar-refractivity contribution is 6.06. The third kappa shape index (κ3) is 3.78. The van der Waals surface area contributed by atoms with E-state index in [9.17, 15) is 9.59 Å². The van der Waals surface area contributed by atoms with Crippen molar-refractivity contribution in [3.05, 3.63) is 64.9 Å². The fraction of sp³-hybridized carbons (Fsp3) is 0.238. The van der Waals surface area contributed by atoms with Gasteiger partial charge in [-0.25, -0.2) is 4.79 Å². The molecule has 1 heterocycles. The molecule has 0 spiro atoms. The van der Waals surface area contributed by atoms with Crippen molar-refractivity contribution in [3.8, 4) is 11.5 Å². The van der Waals surface area contributed by atoms with Gasteiger partial charge in [0, 0.05) is 16.9 Å². The Bertz CT molecular complexity index is 935. The molecule has 0 fully saturated rings. The number of anilines is 1. The van der Waals surface area contributed by atoms with Gasteiger partial charge in [0.25, 0.3) is 5.91 Å². The maximum atomic E-state index is 13.1. The van der Waals surface area contributed by atoms with E-state index >= 15 is 0 Å². The van der Waals surface area contributed by atoms with Gasteiger partial charge in [-0.05, 0) is 32.0 Å². The highest BCUT2D eigenvalue weighted by Gasteiger charge is 2.33. The zero-order valence-corrected chi connectivity index (χ0v) is 16.3. The van der Waals surface area contributed by atoms with E-state index in [1.54, 1.807) is 25.1 Å². The second-order valence-electron chi connectivity index (χ2n) is 6.47. The first-order valence-electron chi connectivity index (χ1n) is 8.81. The summed E-state index contributed by atoms with van der Waals surface area (Å²) in [4.78, 5) is 25.2. The van der Waals surface area contributed by atoms with Crippen molar-refractivity contribution in [2.75, 3.05) is 19.5 Å². The largest absolute Gasteiger partial charge is 0.493 e. The lowest BCUT2D eigenvalue weighted by molar-refractivity contribution is -0.113. The van der Waals surface area contributed by atoms with Gasteiger partial charge >= 0.3 is 6.03 Å². The summed E-state index contributed by atoms with van der Waals surface area (Å²) < 4.78 is 10.9. The smallest absolute Gasteiger partial charge is 0.319 e. The Hall–Kier alpha value is -3.48. The van der Waals surface area contributed by atoms with E-state index < -0.39 is 6.04 Å². The number of hydrogen-bond acceptors (Lipinski definition) is 4. The Balaban J connectivity index is 2.02. The summed E-state index contributed by atoms with van der Waals surface area (Å²) in [7, 11) is 3.06. The molecule has 1 aliphatic heterocycles. The van der Waals surface area contributed by atoms with Gasteiger partial charge in [0.05, 0.1) is 25.8 Å². The number of para-hydroxylation sites is 1. The van der Waals surface area contributed by atoms with Crippen LogP contribution in [0, 0.1) is 6.92 Å². The number of aryl methyl sites for hydroxylation is 1. The molecule has 28 heavy (non-hydrogen) atoms. The minimum Gasteiger partial charge on any atom is -0.493 e. The Morgan fingerprint density at radius 1 is 1.04 bits per heavy atom. The summed E-state index contributed by atoms with van der Waals surface area (Å²) in [6.07, 6.45) is 0. The normalized spacial score (nSPS) is 16.1. The highest BCUT2D eigenvalue weighted by Crippen LogP contribution is 2.39. The maximum absolute atomic E-state index is 13.1. The molecule has 2 aromatic carbocycles. The van der Waals surface area contributed by atoms with E-state index in [1.165, 1.54) is 14.2 Å². The van der Waals surface area contributed by atoms with Gasteiger partial charge in [-0.2, -0.15) is 0 Å². The fourth-order valence-electron chi connectivity index (χ4n) is 3.20. The molecule has 0 aliphatic carbocycles. The average Bonchev–Trinajstić information content (AvgIpc) is 2.68. The number of nitrogens with one attached hydrogen (secondary N) is 3. The molecule has 3 rings (SSSR count). The minimum absolute atomic E-state index is 0.316. The number of carbonyl (C=O) groups is 2. The van der Waals surface area contributed by atoms with Crippen LogP contribution in [0.25, 0.3) is 0 Å². The van der Waals surface area contributed by atoms with Crippen molar-refractivity contribution in [1.82, 2.24) is 10.6 Å². The zero-order chi connectivity index (χ0) is 20.3. The lowest BCUT2D eigenvalue weighted by atomic mass is 9.93. The number of hydrogen-bond donors (Lipinski definition) is 3. The summed E-state index contributed by atoms with van der Waals surface area (Å²) in [5, 5.41) is 8.37. The molecule has 7 nitrogen and oxygen atoms in total. The van der Waals surface area contributed by atoms with Gasteiger partial charge in [0.1, 0.15) is 0 Å². The van der Waals surface area contributed by atoms with Gasteiger partial charge in [0.2, 0.25) is 0 Å². The molecule has 146 valence electrons. The molecule has 3 N–H and O–H groups in total. The average molecular weight is 381 g/mol. The summed E-state index contributed by atoms with van der Waals surface area (Å²) in [5.41, 5.74) is 3.27. The van der Waals surface area contributed by atoms with Crippen LogP contribution in [0.1, 0.15) is 24.1 Å². The predicted octanol–water partition coefficient (Wildman–Crippen LogP) is 3.28. The van der Waals surface area contributed by atoms with E-state index in [0.29, 0.717) is 34.0 Å². The van der Waals surface area contributed by atoms with E-state index in [1.807, 2.05) is 31.2 Å². The van der Waals surface area contributed by atoms with Crippen LogP contribution in [-0.4, -0.2) is 26.2 Å². The molecule has 1 aliphatic rings. The van der Waals surface area contributed by atoms with Crippen LogP contribution in [0.5, 0.6) is 11.5 Å². The van der Waals surface area contributed by atoms with Crippen LogP contribution < -0.4 is 25.4 Å². The first-order valence-corrected chi connectivity index (χ1v) is 8.81. The number of carbonyl (C=O) groups excluding carboxylic acids is 2. The quantitative estimate of drug-likeness (QED) is 0.742. The summed E-state index contributed by atoms with van der Waals surface area (Å²) in [5.74, 6) is 0.665. The lowest BCUT2D eigenvalue weighted by Crippen LogP contribution is -2.46. The first-order chi connectivity index (χ1) is 13.4. The summed E-state index contributed by atoms with van der Waals surface area (Å²) >= 11 is 0. The number of benzene rings is 2. The Morgan fingerprint density at radius 2 is 1.75 bits per heavy atom. The molecule has 0 radical (unpaired) electrons. The number of amides is 3. The molecular formula is C21H23N3O4. The monoisotopic (exact) mass is 381 g/mol. The summed E-state index contributed by atoms with van der Waals surface area (Å²) in [6.45, 7) is 3.67. The molecule has 0 unspecified atom stereocenters. The van der Waals surface area contributed by atoms with Crippen molar-refractivity contribution in [3.63, 3.8) is 0 Å². The van der Waals surface area contributed by atoms with Crippen LogP contribution in [0.15, 0.2) is 53.7 Å². The second kappa shape index (κ2) is 8.04. The molecule has 0 aromatic heterocycles. The number of ether oxygens (including phenoxy) is 2. The van der Waals surface area contributed by atoms with Gasteiger partial charge in [0.15, 0.2) is 11.5 Å². The molecule has 1 atom stereocenters. The standard InChI is InChI=1S/C21H23N3O4/c1-12-8-10-14(11-9-12)23-20(25)17-13(2)22-21(26)24-18(17)15-6-5-7-16(27-3)19(15)28-4/h5-11,18H,1-4H3,(H,23,25)(H2,22,24,26)/t18-/m0/s1. The molecule has 7 heteroatoms. The Kier molecular flexibility index (Phi) is 5.54. The third-order valence-corrected chi connectivity index (χ3v) is 4.57. The topological polar surface area (TPSA) is 88.7 Å². The molecule has 3 amide bonds. The first kappa shape index (κ1) is 19.3. The molecule has 2 aromatic rings. The third-order valence-electron chi connectivity index (χ3n) is 4.57. The zero-order valence-electron chi connectivity index (χ0n) is 16.3. The maximum Gasteiger partial charge on any atom is 0.319 e. The van der Waals surface area contributed by atoms with E-state index in [0.717, 1.165) is 5.56 Å². The lowest BCUT2D eigenvalue weighted by Gasteiger charge is -2.30. The van der Waals surface area contributed by atoms with Crippen LogP contribution >= 0.6 is 0 Å². The molecule has 0 saturated heterocycles. The van der Waals surface area contributed by atoms with Gasteiger partial charge in [-0.15, -0.1) is 0 Å². The van der Waals surface area contributed by atoms with Crippen LogP contribution in [-0.2, 0) is 4.79 Å². The van der Waals surface area contributed by atoms with Crippen molar-refractivity contribution in [2.45, 2.75) is 19.9 Å². The van der Waals surface area contributed by atoms with Gasteiger partial charge in [-0.3, -0.25) is 4.79 Å². The number of rotatable bonds is 5. The van der Waals surface area contributed by atoms with Crippen LogP contribution in [0.3, 0.4) is 0 Å². The van der Waals surface area contributed by atoms with E-state index in [2.05, 4.69) is 16.0 Å². The van der Waals surface area contributed by atoms with Crippen LogP contribution in [0.4, 0.5) is 10.5 Å². The molecular weight excluding hydrogens is 358 g/mol. The fourth-order valence-corrected chi connectivity index (χ4v) is 3.20. The predicted molar refractivity (Wildman–Crippen MR) is 106 cm³/mol. The molecule has 0 bridgehead atoms. The molecule has 0 saturated carbocycles. The van der Waals surface area contributed by atoms with E-state index in [4.69, 9.17) is 9.47 Å². The highest BCUT2D eigenvalue weighted by atomic mass is 16.5. The second-order valence-corrected chi connectivity index (χ2v) is 6.47. The van der Waals surface area contributed by atoms with E-state index in [-0.39, 0.29) is 11.9 Å². The van der Waals surface area contributed by atoms with Crippen molar-refractivity contribution < 1.29 is 19.1 Å². The van der Waals surface area contributed by atoms with Crippen molar-refractivity contribution in [1.29, 1.82) is 0 Å². The number of allylic oxidation sites excluding steroid dienone is 1. The SMILES string of the molecule is COc1cccc([C@@H]2NC(=O)NC(C)=C2C(=O)Nc2ccc(C)cc2)c1OC. The minimum atomic E-state index is -0.691.